The van der Waals surface area contributed by atoms with Crippen LogP contribution in [0.2, 0.25) is 0 Å². The molecule has 1 heterocycles. The highest BCUT2D eigenvalue weighted by Crippen LogP contribution is 2.27. The fourth-order valence-electron chi connectivity index (χ4n) is 1.95. The molecule has 0 saturated carbocycles. The predicted octanol–water partition coefficient (Wildman–Crippen LogP) is 2.52. The molecule has 4 nitrogen and oxygen atoms in total. The van der Waals surface area contributed by atoms with Crippen LogP contribution in [0.15, 0.2) is 41.6 Å². The van der Waals surface area contributed by atoms with Crippen molar-refractivity contribution in [3.63, 3.8) is 0 Å². The van der Waals surface area contributed by atoms with Crippen molar-refractivity contribution in [1.29, 1.82) is 0 Å². The summed E-state index contributed by atoms with van der Waals surface area (Å²) in [5.41, 5.74) is 1.93. The number of aromatic nitrogens is 2. The molecule has 2 aromatic rings. The summed E-state index contributed by atoms with van der Waals surface area (Å²) < 4.78 is 5.28. The summed E-state index contributed by atoms with van der Waals surface area (Å²) in [6.07, 6.45) is 5.38. The number of nitrogens with zero attached hydrogens (tertiary/aromatic N) is 2. The predicted molar refractivity (Wildman–Crippen MR) is 77.7 cm³/mol. The minimum Gasteiger partial charge on any atom is -0.480 e. The lowest BCUT2D eigenvalue weighted by Gasteiger charge is -2.18. The van der Waals surface area contributed by atoms with Crippen LogP contribution in [0.3, 0.4) is 0 Å². The van der Waals surface area contributed by atoms with E-state index in [1.54, 1.807) is 31.3 Å². The summed E-state index contributed by atoms with van der Waals surface area (Å²) in [5.74, 6) is 0.552. The van der Waals surface area contributed by atoms with E-state index in [9.17, 15) is 0 Å². The number of nitrogens with one attached hydrogen (secondary N) is 1. The third-order valence-electron chi connectivity index (χ3n) is 2.90. The Balaban J connectivity index is 2.37. The van der Waals surface area contributed by atoms with Crippen LogP contribution in [0.1, 0.15) is 17.3 Å². The Morgan fingerprint density at radius 3 is 2.42 bits per heavy atom. The van der Waals surface area contributed by atoms with E-state index in [4.69, 9.17) is 4.74 Å². The van der Waals surface area contributed by atoms with Crippen molar-refractivity contribution < 1.29 is 4.74 Å². The highest BCUT2D eigenvalue weighted by molar-refractivity contribution is 7.98. The van der Waals surface area contributed by atoms with E-state index in [2.05, 4.69) is 45.8 Å². The third kappa shape index (κ3) is 3.05. The molecule has 0 bridgehead atoms. The molecule has 0 radical (unpaired) electrons. The van der Waals surface area contributed by atoms with Gasteiger partial charge in [0.15, 0.2) is 0 Å². The van der Waals surface area contributed by atoms with Gasteiger partial charge in [0, 0.05) is 17.3 Å². The van der Waals surface area contributed by atoms with Gasteiger partial charge in [0.1, 0.15) is 5.69 Å². The van der Waals surface area contributed by atoms with Crippen LogP contribution in [0.25, 0.3) is 0 Å². The van der Waals surface area contributed by atoms with Crippen molar-refractivity contribution in [3.8, 4) is 5.88 Å². The van der Waals surface area contributed by atoms with Crippen molar-refractivity contribution in [3.05, 3.63) is 47.9 Å². The zero-order chi connectivity index (χ0) is 13.7. The molecule has 1 atom stereocenters. The normalized spacial score (nSPS) is 12.2. The second-order valence-corrected chi connectivity index (χ2v) is 4.83. The number of hydrogen-bond donors (Lipinski definition) is 1. The number of ether oxygens (including phenoxy) is 1. The molecule has 0 spiro atoms. The molecule has 19 heavy (non-hydrogen) atoms. The van der Waals surface area contributed by atoms with Crippen molar-refractivity contribution >= 4 is 11.8 Å². The van der Waals surface area contributed by atoms with Crippen LogP contribution in [-0.2, 0) is 0 Å². The van der Waals surface area contributed by atoms with Gasteiger partial charge in [-0.25, -0.2) is 4.98 Å². The monoisotopic (exact) mass is 275 g/mol. The van der Waals surface area contributed by atoms with Gasteiger partial charge in [-0.1, -0.05) is 12.1 Å². The van der Waals surface area contributed by atoms with Gasteiger partial charge in [-0.05, 0) is 31.0 Å². The van der Waals surface area contributed by atoms with Gasteiger partial charge >= 0.3 is 0 Å². The molecule has 1 aromatic heterocycles. The third-order valence-corrected chi connectivity index (χ3v) is 3.64. The average molecular weight is 275 g/mol. The summed E-state index contributed by atoms with van der Waals surface area (Å²) in [7, 11) is 3.51. The Morgan fingerprint density at radius 2 is 1.84 bits per heavy atom. The van der Waals surface area contributed by atoms with Gasteiger partial charge in [-0.2, -0.15) is 0 Å². The molecule has 0 saturated heterocycles. The van der Waals surface area contributed by atoms with Crippen LogP contribution in [0.4, 0.5) is 0 Å². The first-order valence-electron chi connectivity index (χ1n) is 5.96. The molecule has 100 valence electrons. The maximum absolute atomic E-state index is 5.28. The molecule has 1 N–H and O–H groups in total. The molecule has 0 aliphatic carbocycles. The number of hydrogen-bond acceptors (Lipinski definition) is 5. The van der Waals surface area contributed by atoms with Crippen LogP contribution < -0.4 is 10.1 Å². The molecule has 5 heteroatoms. The minimum atomic E-state index is -0.0282. The van der Waals surface area contributed by atoms with Gasteiger partial charge in [-0.15, -0.1) is 11.8 Å². The SMILES string of the molecule is CNC(c1ccc(SC)cc1)c1nccnc1OC. The Bertz CT molecular complexity index is 530. The summed E-state index contributed by atoms with van der Waals surface area (Å²) in [6, 6.07) is 8.38. The van der Waals surface area contributed by atoms with E-state index in [1.165, 1.54) is 4.90 Å². The van der Waals surface area contributed by atoms with Gasteiger partial charge in [0.05, 0.1) is 13.2 Å². The van der Waals surface area contributed by atoms with E-state index >= 15 is 0 Å². The number of rotatable bonds is 5. The fraction of sp³-hybridized carbons (Fsp3) is 0.286. The van der Waals surface area contributed by atoms with E-state index in [-0.39, 0.29) is 6.04 Å². The first kappa shape index (κ1) is 13.8. The van der Waals surface area contributed by atoms with Crippen LogP contribution >= 0.6 is 11.8 Å². The topological polar surface area (TPSA) is 47.0 Å². The second kappa shape index (κ2) is 6.54. The minimum absolute atomic E-state index is 0.0282. The molecule has 0 fully saturated rings. The number of thioether (sulfide) groups is 1. The van der Waals surface area contributed by atoms with E-state index in [0.717, 1.165) is 11.3 Å². The zero-order valence-corrected chi connectivity index (χ0v) is 12.1. The van der Waals surface area contributed by atoms with Crippen molar-refractivity contribution in [2.75, 3.05) is 20.4 Å². The van der Waals surface area contributed by atoms with Gasteiger partial charge in [0.2, 0.25) is 5.88 Å². The molecule has 0 aliphatic heterocycles. The van der Waals surface area contributed by atoms with Crippen LogP contribution in [-0.4, -0.2) is 30.4 Å². The van der Waals surface area contributed by atoms with Crippen molar-refractivity contribution in [2.24, 2.45) is 0 Å². The lowest BCUT2D eigenvalue weighted by Crippen LogP contribution is -2.20. The summed E-state index contributed by atoms with van der Waals surface area (Å²) >= 11 is 1.73. The largest absolute Gasteiger partial charge is 0.480 e. The van der Waals surface area contributed by atoms with E-state index in [1.807, 2.05) is 7.05 Å². The zero-order valence-electron chi connectivity index (χ0n) is 11.3. The van der Waals surface area contributed by atoms with Crippen LogP contribution in [0.5, 0.6) is 5.88 Å². The number of benzene rings is 1. The fourth-order valence-corrected chi connectivity index (χ4v) is 2.36. The molecular formula is C14H17N3OS. The molecular weight excluding hydrogens is 258 g/mol. The smallest absolute Gasteiger partial charge is 0.237 e. The highest BCUT2D eigenvalue weighted by atomic mass is 32.2. The van der Waals surface area contributed by atoms with E-state index in [0.29, 0.717) is 5.88 Å². The quantitative estimate of drug-likeness (QED) is 0.850. The van der Waals surface area contributed by atoms with Crippen molar-refractivity contribution in [2.45, 2.75) is 10.9 Å². The first-order chi connectivity index (χ1) is 9.30. The second-order valence-electron chi connectivity index (χ2n) is 3.95. The Hall–Kier alpha value is -1.59. The molecule has 1 unspecified atom stereocenters. The van der Waals surface area contributed by atoms with Gasteiger partial charge < -0.3 is 10.1 Å². The lowest BCUT2D eigenvalue weighted by molar-refractivity contribution is 0.384. The highest BCUT2D eigenvalue weighted by Gasteiger charge is 2.18. The van der Waals surface area contributed by atoms with Gasteiger partial charge in [-0.3, -0.25) is 4.98 Å². The standard InChI is InChI=1S/C14H17N3OS/c1-15-12(10-4-6-11(19-3)7-5-10)13-14(18-2)17-9-8-16-13/h4-9,12,15H,1-3H3. The molecule has 0 amide bonds. The van der Waals surface area contributed by atoms with Gasteiger partial charge in [0.25, 0.3) is 0 Å². The average Bonchev–Trinajstić information content (AvgIpc) is 2.49. The Kier molecular flexibility index (Phi) is 4.76. The number of methoxy groups -OCH3 is 1. The molecule has 1 aromatic carbocycles. The molecule has 2 rings (SSSR count). The maximum Gasteiger partial charge on any atom is 0.237 e. The Morgan fingerprint density at radius 1 is 1.16 bits per heavy atom. The summed E-state index contributed by atoms with van der Waals surface area (Å²) in [5, 5.41) is 3.26. The lowest BCUT2D eigenvalue weighted by atomic mass is 10.0. The summed E-state index contributed by atoms with van der Waals surface area (Å²) in [6.45, 7) is 0. The van der Waals surface area contributed by atoms with E-state index < -0.39 is 0 Å². The Labute approximate surface area is 117 Å². The van der Waals surface area contributed by atoms with Crippen LogP contribution in [0, 0.1) is 0 Å². The summed E-state index contributed by atoms with van der Waals surface area (Å²) in [4.78, 5) is 9.82. The first-order valence-corrected chi connectivity index (χ1v) is 7.18. The van der Waals surface area contributed by atoms with Crippen molar-refractivity contribution in [1.82, 2.24) is 15.3 Å². The maximum atomic E-state index is 5.28. The molecule has 0 aliphatic rings.